The number of anilines is 1. The smallest absolute Gasteiger partial charge is 0.185 e. The van der Waals surface area contributed by atoms with Crippen molar-refractivity contribution in [1.29, 1.82) is 0 Å². The van der Waals surface area contributed by atoms with E-state index in [1.54, 1.807) is 30.4 Å². The Morgan fingerprint density at radius 3 is 2.58 bits per heavy atom. The number of piperidine rings is 1. The van der Waals surface area contributed by atoms with E-state index in [0.717, 1.165) is 42.3 Å². The number of aryl methyl sites for hydroxylation is 1. The van der Waals surface area contributed by atoms with Crippen molar-refractivity contribution >= 4 is 16.5 Å². The van der Waals surface area contributed by atoms with Gasteiger partial charge in [0.1, 0.15) is 5.82 Å². The van der Waals surface area contributed by atoms with Crippen LogP contribution >= 0.6 is 11.3 Å². The largest absolute Gasteiger partial charge is 0.384 e. The standard InChI is InChI=1S/C18H24FN3OS/c1-13-11-24-17(21-13)22-9-7-16(8-10-22)20-12-18(2,23)14-3-5-15(19)6-4-14/h3-6,11,16,20,23H,7-10,12H2,1-2H3. The molecule has 0 radical (unpaired) electrons. The first-order valence-corrected chi connectivity index (χ1v) is 9.21. The predicted octanol–water partition coefficient (Wildman–Crippen LogP) is 3.06. The third kappa shape index (κ3) is 4.12. The number of aromatic nitrogens is 1. The molecule has 2 heterocycles. The van der Waals surface area contributed by atoms with Gasteiger partial charge in [0, 0.05) is 31.1 Å². The second-order valence-corrected chi connectivity index (χ2v) is 7.53. The van der Waals surface area contributed by atoms with Crippen molar-refractivity contribution in [2.24, 2.45) is 0 Å². The number of nitrogens with zero attached hydrogens (tertiary/aromatic N) is 2. The molecule has 1 saturated heterocycles. The number of thiazole rings is 1. The summed E-state index contributed by atoms with van der Waals surface area (Å²) in [6.07, 6.45) is 2.05. The van der Waals surface area contributed by atoms with E-state index in [1.807, 2.05) is 6.92 Å². The Morgan fingerprint density at radius 1 is 1.33 bits per heavy atom. The van der Waals surface area contributed by atoms with E-state index in [-0.39, 0.29) is 5.82 Å². The quantitative estimate of drug-likeness (QED) is 0.871. The van der Waals surface area contributed by atoms with Gasteiger partial charge in [-0.25, -0.2) is 9.37 Å². The molecule has 1 fully saturated rings. The van der Waals surface area contributed by atoms with Gasteiger partial charge in [-0.1, -0.05) is 12.1 Å². The number of nitrogens with one attached hydrogen (secondary N) is 1. The summed E-state index contributed by atoms with van der Waals surface area (Å²) in [7, 11) is 0. The van der Waals surface area contributed by atoms with Crippen molar-refractivity contribution in [3.8, 4) is 0 Å². The Morgan fingerprint density at radius 2 is 2.00 bits per heavy atom. The van der Waals surface area contributed by atoms with Crippen LogP contribution in [0.3, 0.4) is 0 Å². The monoisotopic (exact) mass is 349 g/mol. The van der Waals surface area contributed by atoms with Gasteiger partial charge in [-0.2, -0.15) is 0 Å². The van der Waals surface area contributed by atoms with Crippen LogP contribution in [0.25, 0.3) is 0 Å². The number of aliphatic hydroxyl groups is 1. The molecule has 1 aromatic carbocycles. The molecule has 2 aromatic rings. The molecular formula is C18H24FN3OS. The van der Waals surface area contributed by atoms with Gasteiger partial charge in [0.25, 0.3) is 0 Å². The molecule has 0 aliphatic carbocycles. The van der Waals surface area contributed by atoms with Crippen molar-refractivity contribution in [2.45, 2.75) is 38.3 Å². The van der Waals surface area contributed by atoms with Crippen LogP contribution in [0.1, 0.15) is 31.0 Å². The van der Waals surface area contributed by atoms with E-state index in [1.165, 1.54) is 12.1 Å². The molecule has 1 unspecified atom stereocenters. The number of benzene rings is 1. The normalized spacial score (nSPS) is 18.6. The lowest BCUT2D eigenvalue weighted by Crippen LogP contribution is -2.46. The first-order chi connectivity index (χ1) is 11.4. The van der Waals surface area contributed by atoms with Crippen LogP contribution in [0.5, 0.6) is 0 Å². The van der Waals surface area contributed by atoms with E-state index >= 15 is 0 Å². The summed E-state index contributed by atoms with van der Waals surface area (Å²) in [6, 6.07) is 6.44. The van der Waals surface area contributed by atoms with Crippen LogP contribution in [-0.2, 0) is 5.60 Å². The zero-order chi connectivity index (χ0) is 17.2. The molecule has 0 spiro atoms. The van der Waals surface area contributed by atoms with Crippen molar-refractivity contribution in [2.75, 3.05) is 24.5 Å². The molecule has 3 rings (SSSR count). The summed E-state index contributed by atoms with van der Waals surface area (Å²) in [5.74, 6) is -0.285. The van der Waals surface area contributed by atoms with Gasteiger partial charge < -0.3 is 15.3 Å². The zero-order valence-electron chi connectivity index (χ0n) is 14.1. The Bertz CT molecular complexity index is 663. The molecule has 0 amide bonds. The lowest BCUT2D eigenvalue weighted by Gasteiger charge is -2.34. The SMILES string of the molecule is Cc1csc(N2CCC(NCC(C)(O)c3ccc(F)cc3)CC2)n1. The maximum Gasteiger partial charge on any atom is 0.185 e. The molecule has 1 aliphatic rings. The minimum atomic E-state index is -1.00. The highest BCUT2D eigenvalue weighted by Gasteiger charge is 2.26. The summed E-state index contributed by atoms with van der Waals surface area (Å²) < 4.78 is 13.0. The maximum atomic E-state index is 13.0. The van der Waals surface area contributed by atoms with E-state index in [4.69, 9.17) is 0 Å². The fraction of sp³-hybridized carbons (Fsp3) is 0.500. The number of halogens is 1. The second kappa shape index (κ2) is 7.17. The third-order valence-electron chi connectivity index (χ3n) is 4.57. The van der Waals surface area contributed by atoms with Crippen molar-refractivity contribution in [3.05, 3.63) is 46.7 Å². The van der Waals surface area contributed by atoms with Gasteiger partial charge >= 0.3 is 0 Å². The predicted molar refractivity (Wildman–Crippen MR) is 96.1 cm³/mol. The molecule has 130 valence electrons. The van der Waals surface area contributed by atoms with E-state index < -0.39 is 5.60 Å². The van der Waals surface area contributed by atoms with E-state index in [2.05, 4.69) is 20.6 Å². The van der Waals surface area contributed by atoms with Gasteiger partial charge in [-0.3, -0.25) is 0 Å². The van der Waals surface area contributed by atoms with Crippen LogP contribution in [0.15, 0.2) is 29.6 Å². The molecule has 0 saturated carbocycles. The summed E-state index contributed by atoms with van der Waals surface area (Å²) in [5, 5.41) is 17.3. The van der Waals surface area contributed by atoms with Crippen LogP contribution in [0, 0.1) is 12.7 Å². The minimum Gasteiger partial charge on any atom is -0.384 e. The molecular weight excluding hydrogens is 325 g/mol. The molecule has 24 heavy (non-hydrogen) atoms. The van der Waals surface area contributed by atoms with Crippen molar-refractivity contribution in [3.63, 3.8) is 0 Å². The van der Waals surface area contributed by atoms with E-state index in [0.29, 0.717) is 12.6 Å². The van der Waals surface area contributed by atoms with Crippen LogP contribution in [0.4, 0.5) is 9.52 Å². The molecule has 1 aliphatic heterocycles. The summed E-state index contributed by atoms with van der Waals surface area (Å²) in [5.41, 5.74) is 0.801. The van der Waals surface area contributed by atoms with Gasteiger partial charge in [0.15, 0.2) is 5.13 Å². The Labute approximate surface area is 146 Å². The van der Waals surface area contributed by atoms with Gasteiger partial charge in [-0.05, 0) is 44.4 Å². The molecule has 4 nitrogen and oxygen atoms in total. The molecule has 2 N–H and O–H groups in total. The van der Waals surface area contributed by atoms with Gasteiger partial charge in [0.2, 0.25) is 0 Å². The Hall–Kier alpha value is -1.50. The summed E-state index contributed by atoms with van der Waals surface area (Å²) in [6.45, 7) is 6.19. The molecule has 6 heteroatoms. The van der Waals surface area contributed by atoms with Gasteiger partial charge in [-0.15, -0.1) is 11.3 Å². The highest BCUT2D eigenvalue weighted by atomic mass is 32.1. The summed E-state index contributed by atoms with van der Waals surface area (Å²) >= 11 is 1.70. The van der Waals surface area contributed by atoms with E-state index in [9.17, 15) is 9.50 Å². The first-order valence-electron chi connectivity index (χ1n) is 8.33. The Kier molecular flexibility index (Phi) is 5.18. The number of rotatable bonds is 5. The van der Waals surface area contributed by atoms with Crippen LogP contribution in [-0.4, -0.2) is 35.8 Å². The average Bonchev–Trinajstić information content (AvgIpc) is 3.00. The van der Waals surface area contributed by atoms with Crippen LogP contribution < -0.4 is 10.2 Å². The second-order valence-electron chi connectivity index (χ2n) is 6.69. The first kappa shape index (κ1) is 17.3. The third-order valence-corrected chi connectivity index (χ3v) is 5.59. The topological polar surface area (TPSA) is 48.4 Å². The molecule has 0 bridgehead atoms. The zero-order valence-corrected chi connectivity index (χ0v) is 14.9. The van der Waals surface area contributed by atoms with Gasteiger partial charge in [0.05, 0.1) is 11.3 Å². The lowest BCUT2D eigenvalue weighted by atomic mass is 9.95. The molecule has 1 aromatic heterocycles. The van der Waals surface area contributed by atoms with Crippen LogP contribution in [0.2, 0.25) is 0 Å². The molecule has 1 atom stereocenters. The maximum absolute atomic E-state index is 13.0. The van der Waals surface area contributed by atoms with Crippen molar-refractivity contribution < 1.29 is 9.50 Å². The minimum absolute atomic E-state index is 0.285. The Balaban J connectivity index is 1.50. The fourth-order valence-corrected chi connectivity index (χ4v) is 3.87. The van der Waals surface area contributed by atoms with Crippen molar-refractivity contribution in [1.82, 2.24) is 10.3 Å². The fourth-order valence-electron chi connectivity index (χ4n) is 3.02. The lowest BCUT2D eigenvalue weighted by molar-refractivity contribution is 0.0527. The highest BCUT2D eigenvalue weighted by Crippen LogP contribution is 2.25. The number of hydrogen-bond acceptors (Lipinski definition) is 5. The highest BCUT2D eigenvalue weighted by molar-refractivity contribution is 7.13. The summed E-state index contributed by atoms with van der Waals surface area (Å²) in [4.78, 5) is 6.87. The number of hydrogen-bond donors (Lipinski definition) is 2. The average molecular weight is 349 g/mol.